The van der Waals surface area contributed by atoms with Gasteiger partial charge in [0.1, 0.15) is 11.6 Å². The quantitative estimate of drug-likeness (QED) is 0.813. The highest BCUT2D eigenvalue weighted by Crippen LogP contribution is 2.11. The molecule has 0 radical (unpaired) electrons. The van der Waals surface area contributed by atoms with Crippen LogP contribution in [0.25, 0.3) is 0 Å². The van der Waals surface area contributed by atoms with Gasteiger partial charge in [-0.25, -0.2) is 13.8 Å². The second-order valence-corrected chi connectivity index (χ2v) is 4.38. The first-order chi connectivity index (χ1) is 9.19. The Morgan fingerprint density at radius 1 is 1.32 bits per heavy atom. The number of hydrogen-bond acceptors (Lipinski definition) is 2. The number of likely N-dealkylation sites (N-methyl/N-ethyl adjacent to an activating group) is 1. The molecule has 19 heavy (non-hydrogen) atoms. The van der Waals surface area contributed by atoms with Gasteiger partial charge in [-0.2, -0.15) is 0 Å². The summed E-state index contributed by atoms with van der Waals surface area (Å²) in [5.74, 6) is -1.08. The summed E-state index contributed by atoms with van der Waals surface area (Å²) in [5.41, 5.74) is 1.42. The highest BCUT2D eigenvalue weighted by atomic mass is 19.1. The predicted octanol–water partition coefficient (Wildman–Crippen LogP) is 2.36. The van der Waals surface area contributed by atoms with Crippen LogP contribution in [-0.2, 0) is 13.0 Å². The summed E-state index contributed by atoms with van der Waals surface area (Å²) in [6.07, 6.45) is 4.40. The number of rotatable bonds is 6. The number of nitrogens with zero attached hydrogens (tertiary/aromatic N) is 2. The number of nitrogens with one attached hydrogen (secondary N) is 1. The van der Waals surface area contributed by atoms with Crippen molar-refractivity contribution in [2.24, 2.45) is 0 Å². The van der Waals surface area contributed by atoms with Crippen LogP contribution in [0.15, 0.2) is 30.7 Å². The fourth-order valence-corrected chi connectivity index (χ4v) is 1.86. The first kappa shape index (κ1) is 13.7. The molecule has 0 bridgehead atoms. The van der Waals surface area contributed by atoms with Crippen molar-refractivity contribution in [3.8, 4) is 0 Å². The third kappa shape index (κ3) is 3.86. The first-order valence-electron chi connectivity index (χ1n) is 6.34. The number of hydrogen-bond donors (Lipinski definition) is 1. The fraction of sp³-hybridized carbons (Fsp3) is 0.357. The Kier molecular flexibility index (Phi) is 4.63. The molecule has 0 saturated heterocycles. The zero-order valence-corrected chi connectivity index (χ0v) is 10.9. The minimum Gasteiger partial charge on any atom is -0.333 e. The van der Waals surface area contributed by atoms with Gasteiger partial charge in [0.25, 0.3) is 0 Å². The van der Waals surface area contributed by atoms with Crippen molar-refractivity contribution >= 4 is 0 Å². The Morgan fingerprint density at radius 2 is 2.16 bits per heavy atom. The average Bonchev–Trinajstić information content (AvgIpc) is 2.81. The van der Waals surface area contributed by atoms with Crippen molar-refractivity contribution in [3.05, 3.63) is 53.6 Å². The van der Waals surface area contributed by atoms with Crippen molar-refractivity contribution in [1.82, 2.24) is 14.9 Å². The van der Waals surface area contributed by atoms with Gasteiger partial charge in [0, 0.05) is 30.8 Å². The van der Waals surface area contributed by atoms with E-state index in [1.807, 2.05) is 6.20 Å². The molecule has 2 rings (SSSR count). The Morgan fingerprint density at radius 3 is 2.89 bits per heavy atom. The minimum atomic E-state index is -0.557. The van der Waals surface area contributed by atoms with E-state index in [9.17, 15) is 8.78 Å². The third-order valence-electron chi connectivity index (χ3n) is 2.86. The molecule has 1 N–H and O–H groups in total. The summed E-state index contributed by atoms with van der Waals surface area (Å²) in [6.45, 7) is 4.22. The SMILES string of the molecule is CCNCCc1cn(Cc2ccc(F)cc2F)cn1. The zero-order valence-electron chi connectivity index (χ0n) is 10.9. The largest absolute Gasteiger partial charge is 0.333 e. The lowest BCUT2D eigenvalue weighted by atomic mass is 10.2. The van der Waals surface area contributed by atoms with E-state index in [2.05, 4.69) is 17.2 Å². The molecule has 0 aliphatic heterocycles. The van der Waals surface area contributed by atoms with Gasteiger partial charge in [0.05, 0.1) is 18.6 Å². The van der Waals surface area contributed by atoms with E-state index in [1.54, 1.807) is 10.9 Å². The molecule has 1 aromatic heterocycles. The summed E-state index contributed by atoms with van der Waals surface area (Å²) in [7, 11) is 0. The van der Waals surface area contributed by atoms with Crippen LogP contribution in [0.3, 0.4) is 0 Å². The Balaban J connectivity index is 1.99. The van der Waals surface area contributed by atoms with Crippen molar-refractivity contribution in [3.63, 3.8) is 0 Å². The second kappa shape index (κ2) is 6.43. The Hall–Kier alpha value is -1.75. The molecule has 0 saturated carbocycles. The van der Waals surface area contributed by atoms with Crippen LogP contribution >= 0.6 is 0 Å². The topological polar surface area (TPSA) is 29.9 Å². The Bertz CT molecular complexity index is 537. The van der Waals surface area contributed by atoms with Gasteiger partial charge in [-0.3, -0.25) is 0 Å². The van der Waals surface area contributed by atoms with Crippen LogP contribution in [0, 0.1) is 11.6 Å². The van der Waals surface area contributed by atoms with E-state index in [-0.39, 0.29) is 0 Å². The molecule has 1 heterocycles. The molecule has 0 aliphatic rings. The molecule has 2 aromatic rings. The van der Waals surface area contributed by atoms with E-state index < -0.39 is 11.6 Å². The molecule has 5 heteroatoms. The van der Waals surface area contributed by atoms with Crippen molar-refractivity contribution < 1.29 is 8.78 Å². The van der Waals surface area contributed by atoms with E-state index >= 15 is 0 Å². The standard InChI is InChI=1S/C14H17F2N3/c1-2-17-6-5-13-9-19(10-18-13)8-11-3-4-12(15)7-14(11)16/h3-4,7,9-10,17H,2,5-6,8H2,1H3. The molecule has 0 amide bonds. The molecule has 0 aliphatic carbocycles. The highest BCUT2D eigenvalue weighted by Gasteiger charge is 2.05. The minimum absolute atomic E-state index is 0.361. The van der Waals surface area contributed by atoms with Gasteiger partial charge >= 0.3 is 0 Å². The monoisotopic (exact) mass is 265 g/mol. The van der Waals surface area contributed by atoms with Gasteiger partial charge in [-0.15, -0.1) is 0 Å². The highest BCUT2D eigenvalue weighted by molar-refractivity contribution is 5.19. The lowest BCUT2D eigenvalue weighted by Gasteiger charge is -2.04. The lowest BCUT2D eigenvalue weighted by molar-refractivity contribution is 0.566. The number of benzene rings is 1. The van der Waals surface area contributed by atoms with Gasteiger partial charge in [-0.1, -0.05) is 13.0 Å². The maximum absolute atomic E-state index is 13.5. The van der Waals surface area contributed by atoms with Crippen molar-refractivity contribution in [2.45, 2.75) is 19.9 Å². The second-order valence-electron chi connectivity index (χ2n) is 4.38. The van der Waals surface area contributed by atoms with Crippen molar-refractivity contribution in [1.29, 1.82) is 0 Å². The molecule has 0 atom stereocenters. The molecule has 1 aromatic carbocycles. The number of halogens is 2. The van der Waals surface area contributed by atoms with Gasteiger partial charge in [0.15, 0.2) is 0 Å². The predicted molar refractivity (Wildman–Crippen MR) is 69.9 cm³/mol. The van der Waals surface area contributed by atoms with Crippen LogP contribution in [-0.4, -0.2) is 22.6 Å². The van der Waals surface area contributed by atoms with Gasteiger partial charge < -0.3 is 9.88 Å². The van der Waals surface area contributed by atoms with Crippen LogP contribution < -0.4 is 5.32 Å². The molecule has 0 fully saturated rings. The smallest absolute Gasteiger partial charge is 0.131 e. The van der Waals surface area contributed by atoms with Crippen LogP contribution in [0.2, 0.25) is 0 Å². The summed E-state index contributed by atoms with van der Waals surface area (Å²) < 4.78 is 28.1. The van der Waals surface area contributed by atoms with E-state index in [4.69, 9.17) is 0 Å². The van der Waals surface area contributed by atoms with Crippen LogP contribution in [0.1, 0.15) is 18.2 Å². The summed E-state index contributed by atoms with van der Waals surface area (Å²) >= 11 is 0. The third-order valence-corrected chi connectivity index (χ3v) is 2.86. The van der Waals surface area contributed by atoms with Crippen LogP contribution in [0.4, 0.5) is 8.78 Å². The lowest BCUT2D eigenvalue weighted by Crippen LogP contribution is -2.16. The fourth-order valence-electron chi connectivity index (χ4n) is 1.86. The van der Waals surface area contributed by atoms with E-state index in [1.165, 1.54) is 12.1 Å². The zero-order chi connectivity index (χ0) is 13.7. The number of aromatic nitrogens is 2. The first-order valence-corrected chi connectivity index (χ1v) is 6.34. The van der Waals surface area contributed by atoms with E-state index in [0.717, 1.165) is 31.3 Å². The Labute approximate surface area is 111 Å². The molecule has 102 valence electrons. The molecule has 0 unspecified atom stereocenters. The van der Waals surface area contributed by atoms with Crippen molar-refractivity contribution in [2.75, 3.05) is 13.1 Å². The molecule has 0 spiro atoms. The van der Waals surface area contributed by atoms with Crippen LogP contribution in [0.5, 0.6) is 0 Å². The maximum atomic E-state index is 13.5. The molecular formula is C14H17F2N3. The summed E-state index contributed by atoms with van der Waals surface area (Å²) in [4.78, 5) is 4.26. The summed E-state index contributed by atoms with van der Waals surface area (Å²) in [5, 5.41) is 3.22. The maximum Gasteiger partial charge on any atom is 0.131 e. The average molecular weight is 265 g/mol. The number of imidazole rings is 1. The normalized spacial score (nSPS) is 10.9. The van der Waals surface area contributed by atoms with Gasteiger partial charge in [0.2, 0.25) is 0 Å². The summed E-state index contributed by atoms with van der Waals surface area (Å²) in [6, 6.07) is 3.63. The van der Waals surface area contributed by atoms with E-state index in [0.29, 0.717) is 12.1 Å². The molecular weight excluding hydrogens is 248 g/mol. The molecule has 3 nitrogen and oxygen atoms in total. The van der Waals surface area contributed by atoms with Gasteiger partial charge in [-0.05, 0) is 12.6 Å².